The van der Waals surface area contributed by atoms with Crippen LogP contribution >= 0.6 is 0 Å². The summed E-state index contributed by atoms with van der Waals surface area (Å²) in [6.45, 7) is 1.84. The Kier molecular flexibility index (Phi) is 5.48. The molecule has 1 amide bonds. The minimum atomic E-state index is -0.258. The van der Waals surface area contributed by atoms with Crippen LogP contribution in [0.1, 0.15) is 12.7 Å². The van der Waals surface area contributed by atoms with Gasteiger partial charge in [-0.15, -0.1) is 0 Å². The van der Waals surface area contributed by atoms with Crippen LogP contribution in [0.25, 0.3) is 11.5 Å². The first-order valence-electron chi connectivity index (χ1n) is 8.17. The summed E-state index contributed by atoms with van der Waals surface area (Å²) < 4.78 is 15.8. The number of ether oxygens (including phenoxy) is 2. The summed E-state index contributed by atoms with van der Waals surface area (Å²) in [5.74, 6) is 2.08. The second-order valence-corrected chi connectivity index (χ2v) is 5.46. The SMILES string of the molecule is CCc1noc(-c2cccc(OCC(=O)Nc3ccc(OC)cc3)c2)n1. The fourth-order valence-electron chi connectivity index (χ4n) is 2.25. The van der Waals surface area contributed by atoms with Crippen molar-refractivity contribution in [3.8, 4) is 23.0 Å². The molecule has 0 atom stereocenters. The second-order valence-electron chi connectivity index (χ2n) is 5.46. The van der Waals surface area contributed by atoms with Crippen molar-refractivity contribution in [2.45, 2.75) is 13.3 Å². The minimum absolute atomic E-state index is 0.112. The van der Waals surface area contributed by atoms with Gasteiger partial charge in [0.15, 0.2) is 12.4 Å². The minimum Gasteiger partial charge on any atom is -0.497 e. The predicted octanol–water partition coefficient (Wildman–Crippen LogP) is 3.33. The van der Waals surface area contributed by atoms with Gasteiger partial charge < -0.3 is 19.3 Å². The van der Waals surface area contributed by atoms with E-state index in [0.29, 0.717) is 29.6 Å². The van der Waals surface area contributed by atoms with Crippen molar-refractivity contribution in [2.24, 2.45) is 0 Å². The van der Waals surface area contributed by atoms with E-state index in [-0.39, 0.29) is 12.5 Å². The molecule has 1 N–H and O–H groups in total. The van der Waals surface area contributed by atoms with Crippen LogP contribution in [0.3, 0.4) is 0 Å². The lowest BCUT2D eigenvalue weighted by Crippen LogP contribution is -2.20. The monoisotopic (exact) mass is 353 g/mol. The normalized spacial score (nSPS) is 10.4. The molecule has 0 aliphatic carbocycles. The standard InChI is InChI=1S/C19H19N3O4/c1-3-17-21-19(26-22-17)13-5-4-6-16(11-13)25-12-18(23)20-14-7-9-15(24-2)10-8-14/h4-11H,3,12H2,1-2H3,(H,20,23). The van der Waals surface area contributed by atoms with E-state index in [1.54, 1.807) is 43.5 Å². The molecule has 0 unspecified atom stereocenters. The largest absolute Gasteiger partial charge is 0.497 e. The van der Waals surface area contributed by atoms with Crippen LogP contribution in [0.4, 0.5) is 5.69 Å². The van der Waals surface area contributed by atoms with E-state index < -0.39 is 0 Å². The van der Waals surface area contributed by atoms with Crippen molar-refractivity contribution >= 4 is 11.6 Å². The van der Waals surface area contributed by atoms with Crippen LogP contribution in [-0.2, 0) is 11.2 Å². The lowest BCUT2D eigenvalue weighted by molar-refractivity contribution is -0.118. The van der Waals surface area contributed by atoms with E-state index in [9.17, 15) is 4.79 Å². The van der Waals surface area contributed by atoms with Crippen molar-refractivity contribution in [1.82, 2.24) is 10.1 Å². The van der Waals surface area contributed by atoms with Crippen LogP contribution < -0.4 is 14.8 Å². The van der Waals surface area contributed by atoms with Crippen LogP contribution in [-0.4, -0.2) is 29.8 Å². The number of aryl methyl sites for hydroxylation is 1. The van der Waals surface area contributed by atoms with Gasteiger partial charge in [0.25, 0.3) is 11.8 Å². The Labute approximate surface area is 150 Å². The third-order valence-electron chi connectivity index (χ3n) is 3.61. The molecule has 3 rings (SSSR count). The fraction of sp³-hybridized carbons (Fsp3) is 0.211. The second kappa shape index (κ2) is 8.15. The maximum absolute atomic E-state index is 12.0. The molecule has 0 saturated carbocycles. The van der Waals surface area contributed by atoms with Gasteiger partial charge in [-0.3, -0.25) is 4.79 Å². The third kappa shape index (κ3) is 4.38. The molecule has 0 saturated heterocycles. The highest BCUT2D eigenvalue weighted by Crippen LogP contribution is 2.22. The Bertz CT molecular complexity index is 875. The molecule has 1 heterocycles. The highest BCUT2D eigenvalue weighted by molar-refractivity contribution is 5.91. The summed E-state index contributed by atoms with van der Waals surface area (Å²) in [6.07, 6.45) is 0.700. The molecule has 0 spiro atoms. The number of nitrogens with one attached hydrogen (secondary N) is 1. The summed E-state index contributed by atoms with van der Waals surface area (Å²) in [5, 5.41) is 6.63. The smallest absolute Gasteiger partial charge is 0.262 e. The summed E-state index contributed by atoms with van der Waals surface area (Å²) in [5.41, 5.74) is 1.41. The molecule has 0 bridgehead atoms. The van der Waals surface area contributed by atoms with Gasteiger partial charge in [-0.25, -0.2) is 0 Å². The Morgan fingerprint density at radius 1 is 1.15 bits per heavy atom. The molecular weight excluding hydrogens is 334 g/mol. The lowest BCUT2D eigenvalue weighted by Gasteiger charge is -2.08. The zero-order valence-electron chi connectivity index (χ0n) is 14.6. The van der Waals surface area contributed by atoms with Crippen LogP contribution in [0, 0.1) is 0 Å². The number of carbonyl (C=O) groups is 1. The quantitative estimate of drug-likeness (QED) is 0.701. The summed E-state index contributed by atoms with van der Waals surface area (Å²) in [7, 11) is 1.59. The van der Waals surface area contributed by atoms with Crippen LogP contribution in [0.15, 0.2) is 53.1 Å². The van der Waals surface area contributed by atoms with Gasteiger partial charge in [0, 0.05) is 17.7 Å². The van der Waals surface area contributed by atoms with E-state index >= 15 is 0 Å². The summed E-state index contributed by atoms with van der Waals surface area (Å²) in [6, 6.07) is 14.2. The number of nitrogens with zero attached hydrogens (tertiary/aromatic N) is 2. The van der Waals surface area contributed by atoms with E-state index in [1.165, 1.54) is 0 Å². The maximum atomic E-state index is 12.0. The van der Waals surface area contributed by atoms with E-state index in [2.05, 4.69) is 15.5 Å². The van der Waals surface area contributed by atoms with Crippen molar-refractivity contribution < 1.29 is 18.8 Å². The molecular formula is C19H19N3O4. The molecule has 3 aromatic rings. The van der Waals surface area contributed by atoms with Gasteiger partial charge in [0.1, 0.15) is 11.5 Å². The van der Waals surface area contributed by atoms with Gasteiger partial charge in [-0.05, 0) is 42.5 Å². The van der Waals surface area contributed by atoms with Gasteiger partial charge in [0.2, 0.25) is 0 Å². The van der Waals surface area contributed by atoms with Crippen molar-refractivity contribution in [3.63, 3.8) is 0 Å². The number of amides is 1. The first kappa shape index (κ1) is 17.5. The number of hydrogen-bond acceptors (Lipinski definition) is 6. The molecule has 0 aliphatic heterocycles. The van der Waals surface area contributed by atoms with Gasteiger partial charge in [-0.1, -0.05) is 18.1 Å². The third-order valence-corrected chi connectivity index (χ3v) is 3.61. The fourth-order valence-corrected chi connectivity index (χ4v) is 2.25. The van der Waals surface area contributed by atoms with E-state index in [0.717, 1.165) is 11.3 Å². The average molecular weight is 353 g/mol. The maximum Gasteiger partial charge on any atom is 0.262 e. The van der Waals surface area contributed by atoms with E-state index in [1.807, 2.05) is 19.1 Å². The molecule has 7 nitrogen and oxygen atoms in total. The first-order valence-corrected chi connectivity index (χ1v) is 8.17. The van der Waals surface area contributed by atoms with Crippen molar-refractivity contribution in [3.05, 3.63) is 54.4 Å². The Balaban J connectivity index is 1.58. The highest BCUT2D eigenvalue weighted by Gasteiger charge is 2.09. The lowest BCUT2D eigenvalue weighted by atomic mass is 10.2. The molecule has 134 valence electrons. The number of benzene rings is 2. The number of anilines is 1. The van der Waals surface area contributed by atoms with Crippen molar-refractivity contribution in [1.29, 1.82) is 0 Å². The van der Waals surface area contributed by atoms with Gasteiger partial charge in [0.05, 0.1) is 7.11 Å². The van der Waals surface area contributed by atoms with Gasteiger partial charge in [-0.2, -0.15) is 4.98 Å². The zero-order chi connectivity index (χ0) is 18.4. The number of hydrogen-bond donors (Lipinski definition) is 1. The first-order chi connectivity index (χ1) is 12.7. The van der Waals surface area contributed by atoms with Crippen LogP contribution in [0.2, 0.25) is 0 Å². The summed E-state index contributed by atoms with van der Waals surface area (Å²) in [4.78, 5) is 16.3. The average Bonchev–Trinajstić information content (AvgIpc) is 3.17. The zero-order valence-corrected chi connectivity index (χ0v) is 14.6. The molecule has 2 aromatic carbocycles. The van der Waals surface area contributed by atoms with Crippen molar-refractivity contribution in [2.75, 3.05) is 19.0 Å². The van der Waals surface area contributed by atoms with E-state index in [4.69, 9.17) is 14.0 Å². The number of carbonyl (C=O) groups excluding carboxylic acids is 1. The summed E-state index contributed by atoms with van der Waals surface area (Å²) >= 11 is 0. The molecule has 0 fully saturated rings. The molecule has 26 heavy (non-hydrogen) atoms. The molecule has 0 radical (unpaired) electrons. The topological polar surface area (TPSA) is 86.5 Å². The number of aromatic nitrogens is 2. The number of methoxy groups -OCH3 is 1. The molecule has 1 aromatic heterocycles. The highest BCUT2D eigenvalue weighted by atomic mass is 16.5. The molecule has 0 aliphatic rings. The Hall–Kier alpha value is -3.35. The molecule has 7 heteroatoms. The number of rotatable bonds is 7. The Morgan fingerprint density at radius 2 is 1.96 bits per heavy atom. The van der Waals surface area contributed by atoms with Gasteiger partial charge >= 0.3 is 0 Å². The Morgan fingerprint density at radius 3 is 2.65 bits per heavy atom. The predicted molar refractivity (Wildman–Crippen MR) is 96.2 cm³/mol. The van der Waals surface area contributed by atoms with Crippen LogP contribution in [0.5, 0.6) is 11.5 Å².